The molecule has 0 fully saturated rings. The van der Waals surface area contributed by atoms with Crippen LogP contribution in [0.3, 0.4) is 0 Å². The highest BCUT2D eigenvalue weighted by molar-refractivity contribution is 5.96. The quantitative estimate of drug-likeness (QED) is 0.532. The number of rotatable bonds is 0. The molecule has 0 bridgehead atoms. The van der Waals surface area contributed by atoms with Crippen molar-refractivity contribution < 1.29 is 0 Å². The minimum absolute atomic E-state index is 0. The van der Waals surface area contributed by atoms with Gasteiger partial charge in [0.15, 0.2) is 0 Å². The summed E-state index contributed by atoms with van der Waals surface area (Å²) in [5.41, 5.74) is 2.65. The van der Waals surface area contributed by atoms with E-state index in [-0.39, 0.29) is 37.2 Å². The van der Waals surface area contributed by atoms with Crippen LogP contribution in [0, 0.1) is 0 Å². The van der Waals surface area contributed by atoms with Crippen molar-refractivity contribution in [2.45, 2.75) is 0 Å². The summed E-state index contributed by atoms with van der Waals surface area (Å²) in [6.45, 7) is 0. The molecule has 0 saturated heterocycles. The zero-order chi connectivity index (χ0) is 9.38. The van der Waals surface area contributed by atoms with Gasteiger partial charge in [0.25, 0.3) is 0 Å². The average Bonchev–Trinajstić information content (AvgIpc) is 2.61. The number of hydrogen-bond donors (Lipinski definition) is 0. The van der Waals surface area contributed by atoms with Crippen LogP contribution in [0.1, 0.15) is 0 Å². The third-order valence-electron chi connectivity index (χ3n) is 2.65. The molecular formula is C14H13Cl3. The highest BCUT2D eigenvalue weighted by Crippen LogP contribution is 2.29. The molecule has 1 aromatic carbocycles. The molecule has 2 aliphatic carbocycles. The van der Waals surface area contributed by atoms with Crippen LogP contribution in [0.25, 0.3) is 21.9 Å². The summed E-state index contributed by atoms with van der Waals surface area (Å²) < 4.78 is 0. The fourth-order valence-corrected chi connectivity index (χ4v) is 1.97. The summed E-state index contributed by atoms with van der Waals surface area (Å²) in [6, 6.07) is 21.4. The largest absolute Gasteiger partial charge is 0.147 e. The highest BCUT2D eigenvalue weighted by Gasteiger charge is 2.02. The van der Waals surface area contributed by atoms with E-state index in [1.807, 2.05) is 0 Å². The third-order valence-corrected chi connectivity index (χ3v) is 2.65. The molecule has 0 amide bonds. The molecule has 0 heterocycles. The van der Waals surface area contributed by atoms with Crippen LogP contribution in [-0.2, 0) is 0 Å². The Bertz CT molecular complexity index is 563. The Labute approximate surface area is 120 Å². The topological polar surface area (TPSA) is 0 Å². The predicted octanol–water partition coefficient (Wildman–Crippen LogP) is 5.21. The van der Waals surface area contributed by atoms with Crippen LogP contribution in [0.5, 0.6) is 0 Å². The molecule has 0 aliphatic heterocycles. The Balaban J connectivity index is 0.000000853. The van der Waals surface area contributed by atoms with Gasteiger partial charge in [0.2, 0.25) is 0 Å². The van der Waals surface area contributed by atoms with Gasteiger partial charge in [-0.1, -0.05) is 60.7 Å². The summed E-state index contributed by atoms with van der Waals surface area (Å²) in [6.07, 6.45) is 0. The fourth-order valence-electron chi connectivity index (χ4n) is 1.97. The first-order chi connectivity index (χ1) is 6.95. The van der Waals surface area contributed by atoms with Crippen molar-refractivity contribution in [3.8, 4) is 11.1 Å². The molecule has 3 rings (SSSR count). The van der Waals surface area contributed by atoms with Gasteiger partial charge in [0.1, 0.15) is 0 Å². The number of hydrogen-bond acceptors (Lipinski definition) is 0. The molecule has 17 heavy (non-hydrogen) atoms. The molecule has 0 spiro atoms. The predicted molar refractivity (Wildman–Crippen MR) is 82.3 cm³/mol. The molecule has 3 heteroatoms. The van der Waals surface area contributed by atoms with Gasteiger partial charge in [-0.3, -0.25) is 0 Å². The van der Waals surface area contributed by atoms with Crippen molar-refractivity contribution in [2.75, 3.05) is 0 Å². The van der Waals surface area contributed by atoms with Crippen molar-refractivity contribution in [1.29, 1.82) is 0 Å². The molecule has 90 valence electrons. The molecule has 0 atom stereocenters. The minimum Gasteiger partial charge on any atom is -0.147 e. The summed E-state index contributed by atoms with van der Waals surface area (Å²) in [4.78, 5) is 0. The molecule has 0 saturated carbocycles. The van der Waals surface area contributed by atoms with E-state index in [0.717, 1.165) is 0 Å². The van der Waals surface area contributed by atoms with Crippen molar-refractivity contribution in [3.63, 3.8) is 0 Å². The first-order valence-electron chi connectivity index (χ1n) is 4.82. The van der Waals surface area contributed by atoms with Gasteiger partial charge in [-0.2, -0.15) is 0 Å². The molecule has 0 nitrogen and oxygen atoms in total. The Morgan fingerprint density at radius 2 is 1.12 bits per heavy atom. The van der Waals surface area contributed by atoms with Crippen LogP contribution in [-0.4, -0.2) is 0 Å². The van der Waals surface area contributed by atoms with Gasteiger partial charge in [-0.05, 0) is 21.9 Å². The maximum absolute atomic E-state index is 2.18. The van der Waals surface area contributed by atoms with Gasteiger partial charge in [0, 0.05) is 0 Å². The first-order valence-corrected chi connectivity index (χ1v) is 4.82. The van der Waals surface area contributed by atoms with E-state index in [4.69, 9.17) is 0 Å². The van der Waals surface area contributed by atoms with Crippen molar-refractivity contribution in [1.82, 2.24) is 0 Å². The lowest BCUT2D eigenvalue weighted by atomic mass is 10.1. The summed E-state index contributed by atoms with van der Waals surface area (Å²) in [5, 5.41) is 2.63. The average molecular weight is 288 g/mol. The van der Waals surface area contributed by atoms with Gasteiger partial charge in [-0.15, -0.1) is 37.2 Å². The van der Waals surface area contributed by atoms with Crippen molar-refractivity contribution in [3.05, 3.63) is 60.7 Å². The van der Waals surface area contributed by atoms with Crippen molar-refractivity contribution >= 4 is 48.0 Å². The second-order valence-corrected chi connectivity index (χ2v) is 3.51. The number of halogens is 3. The Hall–Kier alpha value is -0.950. The zero-order valence-corrected chi connectivity index (χ0v) is 11.4. The minimum atomic E-state index is 0. The smallest absolute Gasteiger partial charge is 0.0105 e. The lowest BCUT2D eigenvalue weighted by Crippen LogP contribution is -1.70. The fraction of sp³-hybridized carbons (Fsp3) is 0. The van der Waals surface area contributed by atoms with Crippen LogP contribution < -0.4 is 0 Å². The maximum atomic E-state index is 2.18. The van der Waals surface area contributed by atoms with Crippen LogP contribution in [0.2, 0.25) is 0 Å². The number of fused-ring (bicyclic) bond motifs is 3. The Morgan fingerprint density at radius 1 is 0.529 bits per heavy atom. The van der Waals surface area contributed by atoms with Gasteiger partial charge in [0.05, 0.1) is 0 Å². The molecule has 0 radical (unpaired) electrons. The molecular weight excluding hydrogens is 275 g/mol. The monoisotopic (exact) mass is 286 g/mol. The van der Waals surface area contributed by atoms with Crippen molar-refractivity contribution in [2.24, 2.45) is 0 Å². The number of benzene rings is 1. The SMILES string of the molecule is Cl.Cl.Cl.c1cc2cccc3ccccc3c-2c1. The van der Waals surface area contributed by atoms with E-state index in [1.54, 1.807) is 0 Å². The second-order valence-electron chi connectivity index (χ2n) is 3.51. The van der Waals surface area contributed by atoms with Crippen LogP contribution in [0.4, 0.5) is 0 Å². The van der Waals surface area contributed by atoms with E-state index in [2.05, 4.69) is 60.7 Å². The van der Waals surface area contributed by atoms with Crippen LogP contribution >= 0.6 is 37.2 Å². The molecule has 0 unspecified atom stereocenters. The maximum Gasteiger partial charge on any atom is -0.0105 e. The third kappa shape index (κ3) is 2.84. The first kappa shape index (κ1) is 16.1. The van der Waals surface area contributed by atoms with E-state index < -0.39 is 0 Å². The lowest BCUT2D eigenvalue weighted by Gasteiger charge is -1.96. The molecule has 2 aliphatic rings. The van der Waals surface area contributed by atoms with E-state index in [9.17, 15) is 0 Å². The van der Waals surface area contributed by atoms with Gasteiger partial charge < -0.3 is 0 Å². The second kappa shape index (κ2) is 6.70. The normalized spacial score (nSPS) is 8.94. The lowest BCUT2D eigenvalue weighted by molar-refractivity contribution is 1.81. The summed E-state index contributed by atoms with van der Waals surface area (Å²) >= 11 is 0. The van der Waals surface area contributed by atoms with Gasteiger partial charge in [-0.25, -0.2) is 0 Å². The standard InChI is InChI=1S/C14H10.3ClH/c1-2-9-13-11(5-1)6-3-7-12-8-4-10-14(12)13;;;/h1-10H;3*1H. The highest BCUT2D eigenvalue weighted by atomic mass is 35.5. The Morgan fingerprint density at radius 3 is 1.88 bits per heavy atom. The molecule has 0 N–H and O–H groups in total. The Kier molecular flexibility index (Phi) is 6.33. The molecule has 0 aromatic heterocycles. The van der Waals surface area contributed by atoms with Crippen LogP contribution in [0.15, 0.2) is 60.7 Å². The zero-order valence-electron chi connectivity index (χ0n) is 9.00. The van der Waals surface area contributed by atoms with E-state index >= 15 is 0 Å². The summed E-state index contributed by atoms with van der Waals surface area (Å²) in [7, 11) is 0. The molecule has 1 aromatic rings. The van der Waals surface area contributed by atoms with E-state index in [1.165, 1.54) is 21.9 Å². The summed E-state index contributed by atoms with van der Waals surface area (Å²) in [5.74, 6) is 0. The van der Waals surface area contributed by atoms with Gasteiger partial charge >= 0.3 is 0 Å². The van der Waals surface area contributed by atoms with E-state index in [0.29, 0.717) is 0 Å².